The molecular weight excluding hydrogens is 270 g/mol. The van der Waals surface area contributed by atoms with Gasteiger partial charge in [0.15, 0.2) is 0 Å². The smallest absolute Gasteiger partial charge is 0.410 e. The fourth-order valence-electron chi connectivity index (χ4n) is 2.65. The minimum absolute atomic E-state index is 0.000494. The van der Waals surface area contributed by atoms with Crippen molar-refractivity contribution in [3.63, 3.8) is 0 Å². The molecule has 0 bridgehead atoms. The SMILES string of the molecule is O=C(OCc1ccccc1)N1CCC([C@H](O)CCO)CC1. The first-order valence-electron chi connectivity index (χ1n) is 7.45. The number of ether oxygens (including phenoxy) is 1. The number of hydrogen-bond donors (Lipinski definition) is 2. The molecule has 1 heterocycles. The maximum Gasteiger partial charge on any atom is 0.410 e. The molecule has 1 aromatic carbocycles. The van der Waals surface area contributed by atoms with Crippen molar-refractivity contribution < 1.29 is 19.7 Å². The zero-order valence-corrected chi connectivity index (χ0v) is 12.1. The van der Waals surface area contributed by atoms with E-state index in [4.69, 9.17) is 9.84 Å². The number of hydrogen-bond acceptors (Lipinski definition) is 4. The first kappa shape index (κ1) is 15.8. The van der Waals surface area contributed by atoms with Gasteiger partial charge in [0.1, 0.15) is 6.61 Å². The lowest BCUT2D eigenvalue weighted by atomic mass is 9.90. The average Bonchev–Trinajstić information content (AvgIpc) is 2.54. The lowest BCUT2D eigenvalue weighted by Crippen LogP contribution is -2.41. The summed E-state index contributed by atoms with van der Waals surface area (Å²) >= 11 is 0. The van der Waals surface area contributed by atoms with Crippen LogP contribution in [-0.4, -0.2) is 47.0 Å². The van der Waals surface area contributed by atoms with Gasteiger partial charge in [0.2, 0.25) is 0 Å². The van der Waals surface area contributed by atoms with Gasteiger partial charge in [-0.25, -0.2) is 4.79 Å². The van der Waals surface area contributed by atoms with Crippen LogP contribution in [0.15, 0.2) is 30.3 Å². The van der Waals surface area contributed by atoms with E-state index in [0.717, 1.165) is 18.4 Å². The number of likely N-dealkylation sites (tertiary alicyclic amines) is 1. The predicted octanol–water partition coefficient (Wildman–Crippen LogP) is 1.78. The zero-order valence-electron chi connectivity index (χ0n) is 12.1. The molecule has 1 aromatic rings. The summed E-state index contributed by atoms with van der Waals surface area (Å²) < 4.78 is 5.30. The standard InChI is InChI=1S/C16H23NO4/c18-11-8-15(19)14-6-9-17(10-7-14)16(20)21-12-13-4-2-1-3-5-13/h1-5,14-15,18-19H,6-12H2/t15-/m1/s1. The Kier molecular flexibility index (Phi) is 6.02. The summed E-state index contributed by atoms with van der Waals surface area (Å²) in [5, 5.41) is 18.7. The van der Waals surface area contributed by atoms with Gasteiger partial charge in [-0.15, -0.1) is 0 Å². The van der Waals surface area contributed by atoms with Gasteiger partial charge in [0.25, 0.3) is 0 Å². The van der Waals surface area contributed by atoms with E-state index in [1.54, 1.807) is 4.90 Å². The summed E-state index contributed by atoms with van der Waals surface area (Å²) in [6, 6.07) is 9.59. The van der Waals surface area contributed by atoms with Crippen LogP contribution in [0.25, 0.3) is 0 Å². The molecule has 1 saturated heterocycles. The van der Waals surface area contributed by atoms with Gasteiger partial charge >= 0.3 is 6.09 Å². The Morgan fingerprint density at radius 1 is 1.29 bits per heavy atom. The zero-order chi connectivity index (χ0) is 15.1. The molecule has 5 nitrogen and oxygen atoms in total. The maximum atomic E-state index is 12.0. The quantitative estimate of drug-likeness (QED) is 0.868. The highest BCUT2D eigenvalue weighted by Crippen LogP contribution is 2.22. The van der Waals surface area contributed by atoms with E-state index in [1.807, 2.05) is 30.3 Å². The Labute approximate surface area is 125 Å². The second-order valence-corrected chi connectivity index (χ2v) is 5.44. The third-order valence-electron chi connectivity index (χ3n) is 3.97. The Balaban J connectivity index is 1.73. The van der Waals surface area contributed by atoms with Crippen molar-refractivity contribution in [1.29, 1.82) is 0 Å². The Morgan fingerprint density at radius 2 is 1.95 bits per heavy atom. The highest BCUT2D eigenvalue weighted by Gasteiger charge is 2.27. The number of carbonyl (C=O) groups is 1. The molecule has 5 heteroatoms. The molecule has 1 amide bonds. The topological polar surface area (TPSA) is 70.0 Å². The molecule has 0 aliphatic carbocycles. The minimum Gasteiger partial charge on any atom is -0.445 e. The van der Waals surface area contributed by atoms with Crippen LogP contribution in [0, 0.1) is 5.92 Å². The molecular formula is C16H23NO4. The largest absolute Gasteiger partial charge is 0.445 e. The van der Waals surface area contributed by atoms with Crippen molar-refractivity contribution in [3.05, 3.63) is 35.9 Å². The van der Waals surface area contributed by atoms with E-state index in [1.165, 1.54) is 0 Å². The average molecular weight is 293 g/mol. The van der Waals surface area contributed by atoms with Crippen LogP contribution in [0.4, 0.5) is 4.79 Å². The van der Waals surface area contributed by atoms with Crippen LogP contribution >= 0.6 is 0 Å². The molecule has 1 aliphatic heterocycles. The van der Waals surface area contributed by atoms with Gasteiger partial charge in [-0.1, -0.05) is 30.3 Å². The molecule has 116 valence electrons. The molecule has 1 atom stereocenters. The first-order valence-corrected chi connectivity index (χ1v) is 7.45. The summed E-state index contributed by atoms with van der Waals surface area (Å²) in [4.78, 5) is 13.7. The van der Waals surface area contributed by atoms with Gasteiger partial charge in [-0.3, -0.25) is 0 Å². The molecule has 0 spiro atoms. The van der Waals surface area contributed by atoms with Crippen molar-refractivity contribution in [1.82, 2.24) is 4.90 Å². The van der Waals surface area contributed by atoms with Crippen molar-refractivity contribution >= 4 is 6.09 Å². The maximum absolute atomic E-state index is 12.0. The Bertz CT molecular complexity index is 429. The molecule has 0 radical (unpaired) electrons. The Morgan fingerprint density at radius 3 is 2.57 bits per heavy atom. The van der Waals surface area contributed by atoms with E-state index in [2.05, 4.69) is 0 Å². The van der Waals surface area contributed by atoms with Crippen molar-refractivity contribution in [3.8, 4) is 0 Å². The molecule has 21 heavy (non-hydrogen) atoms. The van der Waals surface area contributed by atoms with Crippen LogP contribution in [0.5, 0.6) is 0 Å². The molecule has 2 N–H and O–H groups in total. The fraction of sp³-hybridized carbons (Fsp3) is 0.562. The molecule has 0 unspecified atom stereocenters. The normalized spacial score (nSPS) is 17.5. The highest BCUT2D eigenvalue weighted by molar-refractivity contribution is 5.67. The number of benzene rings is 1. The van der Waals surface area contributed by atoms with Gasteiger partial charge in [-0.2, -0.15) is 0 Å². The molecule has 0 saturated carbocycles. The van der Waals surface area contributed by atoms with Crippen molar-refractivity contribution in [2.24, 2.45) is 5.92 Å². The molecule has 0 aromatic heterocycles. The van der Waals surface area contributed by atoms with Crippen molar-refractivity contribution in [2.45, 2.75) is 32.0 Å². The highest BCUT2D eigenvalue weighted by atomic mass is 16.6. The van der Waals surface area contributed by atoms with Gasteiger partial charge in [0.05, 0.1) is 6.10 Å². The van der Waals surface area contributed by atoms with Crippen LogP contribution in [0.3, 0.4) is 0 Å². The van der Waals surface area contributed by atoms with E-state index in [-0.39, 0.29) is 25.2 Å². The van der Waals surface area contributed by atoms with Crippen LogP contribution in [0.2, 0.25) is 0 Å². The predicted molar refractivity (Wildman–Crippen MR) is 78.6 cm³/mol. The number of piperidine rings is 1. The fourth-order valence-corrected chi connectivity index (χ4v) is 2.65. The third-order valence-corrected chi connectivity index (χ3v) is 3.97. The molecule has 1 aliphatic rings. The summed E-state index contributed by atoms with van der Waals surface area (Å²) in [5.41, 5.74) is 0.971. The van der Waals surface area contributed by atoms with Crippen molar-refractivity contribution in [2.75, 3.05) is 19.7 Å². The van der Waals surface area contributed by atoms with Crippen LogP contribution in [0.1, 0.15) is 24.8 Å². The number of rotatable bonds is 5. The lowest BCUT2D eigenvalue weighted by Gasteiger charge is -2.33. The van der Waals surface area contributed by atoms with Gasteiger partial charge in [-0.05, 0) is 30.7 Å². The van der Waals surface area contributed by atoms with E-state index in [0.29, 0.717) is 19.5 Å². The number of amides is 1. The third kappa shape index (κ3) is 4.72. The van der Waals surface area contributed by atoms with Gasteiger partial charge < -0.3 is 19.8 Å². The molecule has 1 fully saturated rings. The number of aliphatic hydroxyl groups is 2. The second kappa shape index (κ2) is 8.00. The first-order chi connectivity index (χ1) is 10.2. The van der Waals surface area contributed by atoms with E-state index >= 15 is 0 Å². The second-order valence-electron chi connectivity index (χ2n) is 5.44. The number of aliphatic hydroxyl groups excluding tert-OH is 2. The lowest BCUT2D eigenvalue weighted by molar-refractivity contribution is 0.0336. The molecule has 2 rings (SSSR count). The van der Waals surface area contributed by atoms with Gasteiger partial charge in [0, 0.05) is 19.7 Å². The monoisotopic (exact) mass is 293 g/mol. The van der Waals surface area contributed by atoms with E-state index < -0.39 is 6.10 Å². The van der Waals surface area contributed by atoms with E-state index in [9.17, 15) is 9.90 Å². The Hall–Kier alpha value is -1.59. The van der Waals surface area contributed by atoms with Crippen LogP contribution < -0.4 is 0 Å². The summed E-state index contributed by atoms with van der Waals surface area (Å²) in [6.07, 6.45) is 1.14. The summed E-state index contributed by atoms with van der Waals surface area (Å²) in [6.45, 7) is 1.48. The minimum atomic E-state index is -0.475. The van der Waals surface area contributed by atoms with Crippen LogP contribution in [-0.2, 0) is 11.3 Å². The summed E-state index contributed by atoms with van der Waals surface area (Å²) in [5.74, 6) is 0.162. The number of carbonyl (C=O) groups excluding carboxylic acids is 1. The summed E-state index contributed by atoms with van der Waals surface area (Å²) in [7, 11) is 0. The number of nitrogens with zero attached hydrogens (tertiary/aromatic N) is 1.